The SMILES string of the molecule is CCCCCCCCCCCCOC(=O)/C=C/C(=O)Oc1ccccc1C=O. The molecule has 0 unspecified atom stereocenters. The van der Waals surface area contributed by atoms with Gasteiger partial charge in [0.1, 0.15) is 5.75 Å². The maximum absolute atomic E-state index is 11.7. The fourth-order valence-electron chi connectivity index (χ4n) is 2.76. The van der Waals surface area contributed by atoms with Gasteiger partial charge in [-0.2, -0.15) is 0 Å². The van der Waals surface area contributed by atoms with E-state index in [0.717, 1.165) is 31.4 Å². The minimum atomic E-state index is -0.731. The van der Waals surface area contributed by atoms with Crippen molar-refractivity contribution in [2.24, 2.45) is 0 Å². The van der Waals surface area contributed by atoms with Gasteiger partial charge in [-0.05, 0) is 18.6 Å². The highest BCUT2D eigenvalue weighted by molar-refractivity contribution is 5.93. The van der Waals surface area contributed by atoms with Crippen molar-refractivity contribution >= 4 is 18.2 Å². The number of carbonyl (C=O) groups excluding carboxylic acids is 3. The molecule has 5 nitrogen and oxygen atoms in total. The molecule has 1 rings (SSSR count). The first kappa shape index (κ1) is 23.6. The van der Waals surface area contributed by atoms with Gasteiger partial charge in [-0.3, -0.25) is 4.79 Å². The fraction of sp³-hybridized carbons (Fsp3) is 0.522. The minimum absolute atomic E-state index is 0.158. The molecule has 0 saturated heterocycles. The minimum Gasteiger partial charge on any atom is -0.463 e. The highest BCUT2D eigenvalue weighted by Crippen LogP contribution is 2.15. The van der Waals surface area contributed by atoms with Gasteiger partial charge in [0.15, 0.2) is 6.29 Å². The largest absolute Gasteiger partial charge is 0.463 e. The van der Waals surface area contributed by atoms with Crippen LogP contribution in [0.3, 0.4) is 0 Å². The molecular weight excluding hydrogens is 356 g/mol. The van der Waals surface area contributed by atoms with E-state index in [4.69, 9.17) is 9.47 Å². The van der Waals surface area contributed by atoms with E-state index >= 15 is 0 Å². The smallest absolute Gasteiger partial charge is 0.336 e. The van der Waals surface area contributed by atoms with Crippen LogP contribution in [0.4, 0.5) is 0 Å². The average molecular weight is 389 g/mol. The molecule has 0 aromatic heterocycles. The molecule has 0 saturated carbocycles. The Morgan fingerprint density at radius 3 is 2.04 bits per heavy atom. The van der Waals surface area contributed by atoms with Crippen LogP contribution in [0.5, 0.6) is 5.75 Å². The van der Waals surface area contributed by atoms with Crippen molar-refractivity contribution in [1.82, 2.24) is 0 Å². The molecule has 0 radical (unpaired) electrons. The van der Waals surface area contributed by atoms with E-state index in [1.54, 1.807) is 18.2 Å². The van der Waals surface area contributed by atoms with Crippen molar-refractivity contribution in [3.05, 3.63) is 42.0 Å². The summed E-state index contributed by atoms with van der Waals surface area (Å²) >= 11 is 0. The molecule has 0 heterocycles. The Bertz CT molecular complexity index is 621. The van der Waals surface area contributed by atoms with Gasteiger partial charge in [-0.1, -0.05) is 76.8 Å². The normalized spacial score (nSPS) is 10.8. The van der Waals surface area contributed by atoms with E-state index in [1.165, 1.54) is 51.0 Å². The van der Waals surface area contributed by atoms with Crippen LogP contribution in [0.2, 0.25) is 0 Å². The molecule has 0 aliphatic carbocycles. The summed E-state index contributed by atoms with van der Waals surface area (Å²) in [6.45, 7) is 2.58. The van der Waals surface area contributed by atoms with Crippen LogP contribution >= 0.6 is 0 Å². The summed E-state index contributed by atoms with van der Waals surface area (Å²) in [7, 11) is 0. The maximum Gasteiger partial charge on any atom is 0.336 e. The van der Waals surface area contributed by atoms with E-state index in [2.05, 4.69) is 6.92 Å². The van der Waals surface area contributed by atoms with Crippen LogP contribution in [0, 0.1) is 0 Å². The zero-order chi connectivity index (χ0) is 20.5. The van der Waals surface area contributed by atoms with Crippen molar-refractivity contribution in [2.75, 3.05) is 6.61 Å². The molecule has 0 spiro atoms. The summed E-state index contributed by atoms with van der Waals surface area (Å²) in [6, 6.07) is 6.38. The van der Waals surface area contributed by atoms with Gasteiger partial charge in [0, 0.05) is 12.2 Å². The zero-order valence-corrected chi connectivity index (χ0v) is 16.9. The number of carbonyl (C=O) groups is 3. The molecule has 0 aliphatic heterocycles. The Morgan fingerprint density at radius 1 is 0.821 bits per heavy atom. The van der Waals surface area contributed by atoms with Crippen molar-refractivity contribution in [3.8, 4) is 5.75 Å². The van der Waals surface area contributed by atoms with Crippen LogP contribution in [0.15, 0.2) is 36.4 Å². The molecule has 0 N–H and O–H groups in total. The van der Waals surface area contributed by atoms with Crippen molar-refractivity contribution in [1.29, 1.82) is 0 Å². The molecule has 5 heteroatoms. The van der Waals surface area contributed by atoms with Crippen LogP contribution in [-0.2, 0) is 14.3 Å². The van der Waals surface area contributed by atoms with Gasteiger partial charge in [0.05, 0.1) is 12.2 Å². The molecule has 0 amide bonds. The Labute approximate surface area is 168 Å². The molecular formula is C23H32O5. The molecule has 154 valence electrons. The van der Waals surface area contributed by atoms with E-state index < -0.39 is 11.9 Å². The van der Waals surface area contributed by atoms with Gasteiger partial charge in [0.2, 0.25) is 0 Å². The van der Waals surface area contributed by atoms with Crippen LogP contribution in [0.25, 0.3) is 0 Å². The standard InChI is InChI=1S/C23H32O5/c1-2-3-4-5-6-7-8-9-10-13-18-27-22(25)16-17-23(26)28-21-15-12-11-14-20(21)19-24/h11-12,14-17,19H,2-10,13,18H2,1H3/b17-16+. The van der Waals surface area contributed by atoms with Crippen LogP contribution in [0.1, 0.15) is 81.5 Å². The van der Waals surface area contributed by atoms with Gasteiger partial charge in [-0.25, -0.2) is 9.59 Å². The lowest BCUT2D eigenvalue weighted by Crippen LogP contribution is -2.08. The van der Waals surface area contributed by atoms with E-state index in [9.17, 15) is 14.4 Å². The van der Waals surface area contributed by atoms with Crippen LogP contribution in [-0.4, -0.2) is 24.8 Å². The Balaban J connectivity index is 2.08. The summed E-state index contributed by atoms with van der Waals surface area (Å²) < 4.78 is 10.1. The Kier molecular flexibility index (Phi) is 13.2. The highest BCUT2D eigenvalue weighted by Gasteiger charge is 2.06. The fourth-order valence-corrected chi connectivity index (χ4v) is 2.76. The first-order valence-corrected chi connectivity index (χ1v) is 10.3. The summed E-state index contributed by atoms with van der Waals surface area (Å²) in [5.41, 5.74) is 0.271. The first-order valence-electron chi connectivity index (χ1n) is 10.3. The summed E-state index contributed by atoms with van der Waals surface area (Å²) in [6.07, 6.45) is 14.8. The number of unbranched alkanes of at least 4 members (excludes halogenated alkanes) is 9. The predicted molar refractivity (Wildman–Crippen MR) is 109 cm³/mol. The summed E-state index contributed by atoms with van der Waals surface area (Å²) in [5, 5.41) is 0. The molecule has 1 aromatic rings. The number of ether oxygens (including phenoxy) is 2. The number of para-hydroxylation sites is 1. The van der Waals surface area contributed by atoms with Crippen molar-refractivity contribution < 1.29 is 23.9 Å². The number of esters is 2. The second kappa shape index (κ2) is 15.6. The quantitative estimate of drug-likeness (QED) is 0.132. The van der Waals surface area contributed by atoms with E-state index in [1.807, 2.05) is 0 Å². The van der Waals surface area contributed by atoms with Crippen molar-refractivity contribution in [3.63, 3.8) is 0 Å². The number of rotatable bonds is 15. The van der Waals surface area contributed by atoms with E-state index in [-0.39, 0.29) is 11.3 Å². The second-order valence-electron chi connectivity index (χ2n) is 6.76. The van der Waals surface area contributed by atoms with E-state index in [0.29, 0.717) is 12.9 Å². The summed E-state index contributed by atoms with van der Waals surface area (Å²) in [4.78, 5) is 34.2. The van der Waals surface area contributed by atoms with Crippen LogP contribution < -0.4 is 4.74 Å². The zero-order valence-electron chi connectivity index (χ0n) is 16.9. The van der Waals surface area contributed by atoms with Gasteiger partial charge >= 0.3 is 11.9 Å². The number of aldehydes is 1. The monoisotopic (exact) mass is 388 g/mol. The number of benzene rings is 1. The summed E-state index contributed by atoms with van der Waals surface area (Å²) in [5.74, 6) is -1.15. The maximum atomic E-state index is 11.7. The second-order valence-corrected chi connectivity index (χ2v) is 6.76. The molecule has 0 bridgehead atoms. The molecule has 0 aliphatic rings. The van der Waals surface area contributed by atoms with Gasteiger partial charge in [-0.15, -0.1) is 0 Å². The molecule has 1 aromatic carbocycles. The third-order valence-corrected chi connectivity index (χ3v) is 4.35. The third kappa shape index (κ3) is 11.3. The molecule has 0 atom stereocenters. The van der Waals surface area contributed by atoms with Gasteiger partial charge in [0.25, 0.3) is 0 Å². The molecule has 0 fully saturated rings. The predicted octanol–water partition coefficient (Wildman–Crippen LogP) is 5.42. The lowest BCUT2D eigenvalue weighted by molar-refractivity contribution is -0.138. The lowest BCUT2D eigenvalue weighted by atomic mass is 10.1. The molecule has 28 heavy (non-hydrogen) atoms. The van der Waals surface area contributed by atoms with Gasteiger partial charge < -0.3 is 9.47 Å². The van der Waals surface area contributed by atoms with Crippen molar-refractivity contribution in [2.45, 2.75) is 71.1 Å². The number of hydrogen-bond donors (Lipinski definition) is 0. The number of hydrogen-bond acceptors (Lipinski definition) is 5. The Hall–Kier alpha value is -2.43. The Morgan fingerprint density at radius 2 is 1.39 bits per heavy atom. The topological polar surface area (TPSA) is 69.7 Å². The lowest BCUT2D eigenvalue weighted by Gasteiger charge is -2.04. The highest BCUT2D eigenvalue weighted by atomic mass is 16.5. The third-order valence-electron chi connectivity index (χ3n) is 4.35. The first-order chi connectivity index (χ1) is 13.7. The average Bonchev–Trinajstić information content (AvgIpc) is 2.71.